The van der Waals surface area contributed by atoms with E-state index >= 15 is 0 Å². The van der Waals surface area contributed by atoms with Crippen LogP contribution in [-0.4, -0.2) is 21.0 Å². The van der Waals surface area contributed by atoms with Crippen molar-refractivity contribution in [2.45, 2.75) is 39.2 Å². The Morgan fingerprint density at radius 2 is 2.00 bits per heavy atom. The largest absolute Gasteiger partial charge is 0.480 e. The first-order chi connectivity index (χ1) is 7.21. The van der Waals surface area contributed by atoms with E-state index in [1.807, 2.05) is 26.8 Å². The molecule has 1 heterocycles. The van der Waals surface area contributed by atoms with Gasteiger partial charge in [0.25, 0.3) is 0 Å². The molecule has 0 aliphatic rings. The Balaban J connectivity index is 3.23. The molecule has 1 atom stereocenters. The average Bonchev–Trinajstić information content (AvgIpc) is 2.14. The van der Waals surface area contributed by atoms with Gasteiger partial charge >= 0.3 is 5.97 Å². The molecule has 1 aromatic heterocycles. The van der Waals surface area contributed by atoms with Crippen LogP contribution >= 0.6 is 0 Å². The maximum Gasteiger partial charge on any atom is 0.328 e. The topological polar surface area (TPSA) is 89.1 Å². The molecule has 0 bridgehead atoms. The molecule has 5 nitrogen and oxygen atoms in total. The summed E-state index contributed by atoms with van der Waals surface area (Å²) in [5.41, 5.74) is 6.87. The highest BCUT2D eigenvalue weighted by Crippen LogP contribution is 2.21. The van der Waals surface area contributed by atoms with Crippen molar-refractivity contribution in [2.75, 3.05) is 0 Å². The summed E-state index contributed by atoms with van der Waals surface area (Å²) in [5, 5.41) is 8.82. The van der Waals surface area contributed by atoms with Crippen LogP contribution in [0.1, 0.15) is 44.0 Å². The summed E-state index contributed by atoms with van der Waals surface area (Å²) < 4.78 is 0. The molecule has 3 N–H and O–H groups in total. The number of aromatic nitrogens is 2. The third kappa shape index (κ3) is 2.76. The molecule has 1 unspecified atom stereocenters. The lowest BCUT2D eigenvalue weighted by Gasteiger charge is -2.19. The van der Waals surface area contributed by atoms with E-state index in [1.165, 1.54) is 0 Å². The average molecular weight is 223 g/mol. The molecule has 0 spiro atoms. The second-order valence-corrected chi connectivity index (χ2v) is 4.82. The first kappa shape index (κ1) is 12.6. The Hall–Kier alpha value is -1.49. The lowest BCUT2D eigenvalue weighted by atomic mass is 9.91. The summed E-state index contributed by atoms with van der Waals surface area (Å²) in [5.74, 6) is -0.956. The van der Waals surface area contributed by atoms with E-state index in [4.69, 9.17) is 10.8 Å². The summed E-state index contributed by atoms with van der Waals surface area (Å²) in [4.78, 5) is 19.0. The summed E-state index contributed by atoms with van der Waals surface area (Å²) in [7, 11) is 0. The smallest absolute Gasteiger partial charge is 0.328 e. The molecule has 0 aromatic carbocycles. The van der Waals surface area contributed by atoms with E-state index in [2.05, 4.69) is 9.97 Å². The quantitative estimate of drug-likeness (QED) is 0.785. The van der Waals surface area contributed by atoms with E-state index in [9.17, 15) is 4.79 Å². The van der Waals surface area contributed by atoms with Gasteiger partial charge in [0.1, 0.15) is 0 Å². The SMILES string of the molecule is Cc1cc(C(C)(C)C)nc(C(N)C(=O)O)n1. The number of carbonyl (C=O) groups is 1. The molecular weight excluding hydrogens is 206 g/mol. The standard InChI is InChI=1S/C11H17N3O2/c1-6-5-7(11(2,3)4)14-9(13-6)8(12)10(15)16/h5,8H,12H2,1-4H3,(H,15,16). The summed E-state index contributed by atoms with van der Waals surface area (Å²) in [6.45, 7) is 7.82. The predicted octanol–water partition coefficient (Wildman–Crippen LogP) is 1.17. The van der Waals surface area contributed by atoms with Crippen LogP contribution in [0.5, 0.6) is 0 Å². The molecule has 0 radical (unpaired) electrons. The van der Waals surface area contributed by atoms with Crippen LogP contribution in [-0.2, 0) is 10.2 Å². The van der Waals surface area contributed by atoms with Gasteiger partial charge in [0.05, 0.1) is 0 Å². The minimum atomic E-state index is -1.17. The highest BCUT2D eigenvalue weighted by atomic mass is 16.4. The lowest BCUT2D eigenvalue weighted by molar-refractivity contribution is -0.138. The molecule has 0 aliphatic heterocycles. The molecule has 0 aliphatic carbocycles. The molecule has 88 valence electrons. The minimum Gasteiger partial charge on any atom is -0.480 e. The van der Waals surface area contributed by atoms with Crippen LogP contribution in [0, 0.1) is 6.92 Å². The number of hydrogen-bond acceptors (Lipinski definition) is 4. The van der Waals surface area contributed by atoms with Gasteiger partial charge in [-0.1, -0.05) is 20.8 Å². The highest BCUT2D eigenvalue weighted by molar-refractivity contribution is 5.73. The van der Waals surface area contributed by atoms with E-state index in [0.717, 1.165) is 11.4 Å². The Kier molecular flexibility index (Phi) is 3.28. The number of aryl methyl sites for hydroxylation is 1. The van der Waals surface area contributed by atoms with Gasteiger partial charge in [-0.05, 0) is 13.0 Å². The van der Waals surface area contributed by atoms with Crippen LogP contribution in [0.2, 0.25) is 0 Å². The summed E-state index contributed by atoms with van der Waals surface area (Å²) in [6.07, 6.45) is 0. The van der Waals surface area contributed by atoms with Gasteiger partial charge in [-0.3, -0.25) is 4.79 Å². The van der Waals surface area contributed by atoms with Gasteiger partial charge in [-0.15, -0.1) is 0 Å². The Bertz CT molecular complexity index is 410. The molecular formula is C11H17N3O2. The van der Waals surface area contributed by atoms with Gasteiger partial charge < -0.3 is 10.8 Å². The van der Waals surface area contributed by atoms with Crippen LogP contribution < -0.4 is 5.73 Å². The second-order valence-electron chi connectivity index (χ2n) is 4.82. The number of aliphatic carboxylic acids is 1. The number of carboxylic acids is 1. The van der Waals surface area contributed by atoms with Gasteiger partial charge in [0.15, 0.2) is 11.9 Å². The number of nitrogens with zero attached hydrogens (tertiary/aromatic N) is 2. The summed E-state index contributed by atoms with van der Waals surface area (Å²) in [6, 6.07) is 0.680. The third-order valence-electron chi connectivity index (χ3n) is 2.18. The van der Waals surface area contributed by atoms with Crippen molar-refractivity contribution >= 4 is 5.97 Å². The first-order valence-electron chi connectivity index (χ1n) is 5.06. The maximum atomic E-state index is 10.8. The molecule has 1 aromatic rings. The number of nitrogens with two attached hydrogens (primary N) is 1. The van der Waals surface area contributed by atoms with E-state index in [-0.39, 0.29) is 11.2 Å². The molecule has 1 rings (SSSR count). The van der Waals surface area contributed by atoms with Gasteiger partial charge in [-0.25, -0.2) is 9.97 Å². The van der Waals surface area contributed by atoms with Crippen LogP contribution in [0.4, 0.5) is 0 Å². The van der Waals surface area contributed by atoms with Crippen molar-refractivity contribution in [2.24, 2.45) is 5.73 Å². The summed E-state index contributed by atoms with van der Waals surface area (Å²) >= 11 is 0. The zero-order valence-electron chi connectivity index (χ0n) is 9.98. The van der Waals surface area contributed by atoms with Crippen molar-refractivity contribution in [1.29, 1.82) is 0 Å². The van der Waals surface area contributed by atoms with Crippen LogP contribution in [0.15, 0.2) is 6.07 Å². The molecule has 5 heteroatoms. The van der Waals surface area contributed by atoms with E-state index in [1.54, 1.807) is 6.92 Å². The van der Waals surface area contributed by atoms with Crippen LogP contribution in [0.25, 0.3) is 0 Å². The second kappa shape index (κ2) is 4.17. The number of carboxylic acid groups (broad SMARTS) is 1. The van der Waals surface area contributed by atoms with E-state index in [0.29, 0.717) is 0 Å². The van der Waals surface area contributed by atoms with E-state index < -0.39 is 12.0 Å². The van der Waals surface area contributed by atoms with Crippen molar-refractivity contribution in [3.8, 4) is 0 Å². The molecule has 0 saturated heterocycles. The van der Waals surface area contributed by atoms with Crippen LogP contribution in [0.3, 0.4) is 0 Å². The monoisotopic (exact) mass is 223 g/mol. The first-order valence-corrected chi connectivity index (χ1v) is 5.06. The van der Waals surface area contributed by atoms with Gasteiger partial charge in [-0.2, -0.15) is 0 Å². The number of hydrogen-bond donors (Lipinski definition) is 2. The fourth-order valence-electron chi connectivity index (χ4n) is 1.23. The number of rotatable bonds is 2. The van der Waals surface area contributed by atoms with Crippen molar-refractivity contribution < 1.29 is 9.90 Å². The minimum absolute atomic E-state index is 0.152. The maximum absolute atomic E-state index is 10.8. The third-order valence-corrected chi connectivity index (χ3v) is 2.18. The normalized spacial score (nSPS) is 13.6. The molecule has 0 fully saturated rings. The Labute approximate surface area is 94.7 Å². The van der Waals surface area contributed by atoms with Crippen molar-refractivity contribution in [3.05, 3.63) is 23.3 Å². The molecule has 0 amide bonds. The predicted molar refractivity (Wildman–Crippen MR) is 60.0 cm³/mol. The fraction of sp³-hybridized carbons (Fsp3) is 0.545. The zero-order valence-corrected chi connectivity index (χ0v) is 9.98. The zero-order chi connectivity index (χ0) is 12.5. The molecule has 16 heavy (non-hydrogen) atoms. The molecule has 0 saturated carbocycles. The Morgan fingerprint density at radius 3 is 2.44 bits per heavy atom. The van der Waals surface area contributed by atoms with Gasteiger partial charge in [0, 0.05) is 16.8 Å². The van der Waals surface area contributed by atoms with Gasteiger partial charge in [0.2, 0.25) is 0 Å². The fourth-order valence-corrected chi connectivity index (χ4v) is 1.23. The van der Waals surface area contributed by atoms with Crippen molar-refractivity contribution in [1.82, 2.24) is 9.97 Å². The van der Waals surface area contributed by atoms with Crippen molar-refractivity contribution in [3.63, 3.8) is 0 Å². The lowest BCUT2D eigenvalue weighted by Crippen LogP contribution is -2.25. The highest BCUT2D eigenvalue weighted by Gasteiger charge is 2.22. The Morgan fingerprint density at radius 1 is 1.44 bits per heavy atom.